The van der Waals surface area contributed by atoms with Crippen LogP contribution in [0.4, 0.5) is 8.78 Å². The minimum Gasteiger partial charge on any atom is -0.497 e. The Kier molecular flexibility index (Phi) is 10.4. The van der Waals surface area contributed by atoms with Crippen molar-refractivity contribution in [1.82, 2.24) is 15.1 Å². The van der Waals surface area contributed by atoms with Crippen molar-refractivity contribution >= 4 is 46.7 Å². The minimum atomic E-state index is -5.79. The molecule has 0 unspecified atom stereocenters. The zero-order valence-electron chi connectivity index (χ0n) is 27.0. The average molecular weight is 728 g/mol. The first-order valence-electron chi connectivity index (χ1n) is 16.0. The van der Waals surface area contributed by atoms with Crippen LogP contribution in [-0.4, -0.2) is 82.7 Å². The number of amides is 3. The molecule has 0 saturated carbocycles. The number of nitrogens with zero attached hydrogens (tertiary/aromatic N) is 2. The van der Waals surface area contributed by atoms with Crippen LogP contribution in [0.5, 0.6) is 5.75 Å². The molecule has 0 bridgehead atoms. The van der Waals surface area contributed by atoms with Gasteiger partial charge in [-0.1, -0.05) is 48.5 Å². The molecule has 0 aliphatic carbocycles. The van der Waals surface area contributed by atoms with Crippen molar-refractivity contribution in [2.24, 2.45) is 0 Å². The molecule has 11 nitrogen and oxygen atoms in total. The molecule has 3 atom stereocenters. The monoisotopic (exact) mass is 727 g/mol. The molecule has 6 rings (SSSR count). The first-order valence-corrected chi connectivity index (χ1v) is 18.5. The maximum atomic E-state index is 14.4. The number of fused-ring (bicyclic) bond motifs is 1. The van der Waals surface area contributed by atoms with E-state index >= 15 is 0 Å². The zero-order valence-corrected chi connectivity index (χ0v) is 28.7. The Labute approximate surface area is 290 Å². The number of hydrogen-bond donors (Lipinski definition) is 3. The molecule has 3 N–H and O–H groups in total. The number of halogens is 2. The lowest BCUT2D eigenvalue weighted by Crippen LogP contribution is -2.56. The number of methoxy groups -OCH3 is 1. The van der Waals surface area contributed by atoms with Gasteiger partial charge in [-0.05, 0) is 59.7 Å². The highest BCUT2D eigenvalue weighted by molar-refractivity contribution is 7.52. The number of rotatable bonds is 10. The first kappa shape index (κ1) is 35.6. The van der Waals surface area contributed by atoms with Crippen molar-refractivity contribution in [3.8, 4) is 5.75 Å². The summed E-state index contributed by atoms with van der Waals surface area (Å²) in [5.74, 6) is -0.633. The number of likely N-dealkylation sites (tertiary alicyclic amines) is 1. The second-order valence-electron chi connectivity index (χ2n) is 12.3. The molecule has 3 aromatic carbocycles. The third kappa shape index (κ3) is 7.45. The summed E-state index contributed by atoms with van der Waals surface area (Å²) in [6.07, 6.45) is 0.889. The molecule has 0 radical (unpaired) electrons. The molecule has 2 aliphatic heterocycles. The number of benzene rings is 3. The smallest absolute Gasteiger partial charge is 0.399 e. The number of hydrogen-bond acceptors (Lipinski definition) is 7. The van der Waals surface area contributed by atoms with Gasteiger partial charge in [0, 0.05) is 29.8 Å². The van der Waals surface area contributed by atoms with Gasteiger partial charge in [0.15, 0.2) is 0 Å². The van der Waals surface area contributed by atoms with Gasteiger partial charge in [0.1, 0.15) is 23.9 Å². The second-order valence-corrected chi connectivity index (χ2v) is 15.0. The summed E-state index contributed by atoms with van der Waals surface area (Å²) < 4.78 is 51.9. The number of carbonyl (C=O) groups excluding carboxylic acids is 3. The number of alkyl halides is 2. The molecule has 1 aromatic heterocycles. The predicted octanol–water partition coefficient (Wildman–Crippen LogP) is 5.07. The van der Waals surface area contributed by atoms with Gasteiger partial charge in [0.25, 0.3) is 5.91 Å². The highest BCUT2D eigenvalue weighted by atomic mass is 32.1. The summed E-state index contributed by atoms with van der Waals surface area (Å²) >= 11 is 0.987. The Hall–Kier alpha value is -4.20. The Balaban J connectivity index is 1.23. The second kappa shape index (κ2) is 14.6. The Morgan fingerprint density at radius 3 is 2.50 bits per heavy atom. The summed E-state index contributed by atoms with van der Waals surface area (Å²) in [6.45, 7) is 1.42. The van der Waals surface area contributed by atoms with Crippen LogP contribution in [0, 0.1) is 0 Å². The maximum Gasteiger partial charge on any atom is 0.399 e. The molecule has 3 heterocycles. The van der Waals surface area contributed by atoms with E-state index in [2.05, 4.69) is 5.32 Å². The molecule has 50 heavy (non-hydrogen) atoms. The van der Waals surface area contributed by atoms with Crippen molar-refractivity contribution in [2.75, 3.05) is 33.4 Å². The lowest BCUT2D eigenvalue weighted by Gasteiger charge is -2.37. The SMILES string of the molecule is COc1ccc(C[C@H](NC(=O)c2cc3cc(C(F)(F)P(=O)(O)O)ccc3s2)C(=O)N2CCC[C@H]2C(=O)N2CCO[C@H](c3ccccc3)C2)cc1. The van der Waals surface area contributed by atoms with Crippen LogP contribution in [0.3, 0.4) is 0 Å². The van der Waals surface area contributed by atoms with Crippen LogP contribution in [0.1, 0.15) is 45.3 Å². The fourth-order valence-electron chi connectivity index (χ4n) is 6.35. The van der Waals surface area contributed by atoms with Gasteiger partial charge in [-0.25, -0.2) is 0 Å². The van der Waals surface area contributed by atoms with Crippen LogP contribution < -0.4 is 10.1 Å². The lowest BCUT2D eigenvalue weighted by atomic mass is 10.0. The summed E-state index contributed by atoms with van der Waals surface area (Å²) in [5, 5.41) is 3.00. The standard InChI is InChI=1S/C35H36F2N3O8PS/c1-47-26-12-9-22(10-13-26)18-27(38-32(41)31-20-24-19-25(11-14-30(24)50-31)35(36,37)49(44,45)46)33(42)40-15-5-8-28(40)34(43)39-16-17-48-29(21-39)23-6-3-2-4-7-23/h2-4,6-7,9-14,19-20,27-29H,5,8,15-18,21H2,1H3,(H,38,41)(H2,44,45,46)/t27-,28-,29-/m0/s1. The number of nitrogens with one attached hydrogen (secondary N) is 1. The zero-order chi connectivity index (χ0) is 35.6. The minimum absolute atomic E-state index is 0.100. The predicted molar refractivity (Wildman–Crippen MR) is 182 cm³/mol. The van der Waals surface area contributed by atoms with E-state index in [0.717, 1.165) is 34.6 Å². The number of morpholine rings is 1. The van der Waals surface area contributed by atoms with Crippen LogP contribution in [-0.2, 0) is 31.0 Å². The Bertz CT molecular complexity index is 1920. The highest BCUT2D eigenvalue weighted by Crippen LogP contribution is 2.59. The van der Waals surface area contributed by atoms with E-state index in [4.69, 9.17) is 19.3 Å². The van der Waals surface area contributed by atoms with Crippen LogP contribution in [0.2, 0.25) is 0 Å². The summed E-state index contributed by atoms with van der Waals surface area (Å²) in [7, 11) is -4.26. The third-order valence-corrected chi connectivity index (χ3v) is 11.1. The number of ether oxygens (including phenoxy) is 2. The molecule has 264 valence electrons. The van der Waals surface area contributed by atoms with Gasteiger partial charge >= 0.3 is 13.3 Å². The molecule has 3 amide bonds. The molecule has 2 saturated heterocycles. The summed E-state index contributed by atoms with van der Waals surface area (Å²) in [6, 6.07) is 19.3. The number of thiophene rings is 1. The van der Waals surface area contributed by atoms with Gasteiger partial charge in [0.2, 0.25) is 11.8 Å². The maximum absolute atomic E-state index is 14.4. The Morgan fingerprint density at radius 2 is 1.80 bits per heavy atom. The largest absolute Gasteiger partial charge is 0.497 e. The molecular formula is C35H36F2N3O8PS. The van der Waals surface area contributed by atoms with E-state index in [1.165, 1.54) is 24.1 Å². The Morgan fingerprint density at radius 1 is 1.06 bits per heavy atom. The highest BCUT2D eigenvalue weighted by Gasteiger charge is 2.50. The van der Waals surface area contributed by atoms with Gasteiger partial charge in [-0.2, -0.15) is 8.78 Å². The number of carbonyl (C=O) groups is 3. The molecule has 2 fully saturated rings. The van der Waals surface area contributed by atoms with Gasteiger partial charge in [-0.3, -0.25) is 18.9 Å². The fourth-order valence-corrected chi connectivity index (χ4v) is 7.78. The lowest BCUT2D eigenvalue weighted by molar-refractivity contribution is -0.149. The van der Waals surface area contributed by atoms with Crippen molar-refractivity contribution in [3.63, 3.8) is 0 Å². The van der Waals surface area contributed by atoms with E-state index in [0.29, 0.717) is 49.5 Å². The van der Waals surface area contributed by atoms with Gasteiger partial charge in [0.05, 0.1) is 25.1 Å². The van der Waals surface area contributed by atoms with Crippen LogP contribution in [0.25, 0.3) is 10.1 Å². The quantitative estimate of drug-likeness (QED) is 0.192. The fraction of sp³-hybridized carbons (Fsp3) is 0.343. The van der Waals surface area contributed by atoms with Gasteiger partial charge in [-0.15, -0.1) is 11.3 Å². The molecular weight excluding hydrogens is 691 g/mol. The topological polar surface area (TPSA) is 146 Å². The van der Waals surface area contributed by atoms with E-state index in [9.17, 15) is 27.7 Å². The molecule has 2 aliphatic rings. The van der Waals surface area contributed by atoms with E-state index in [1.54, 1.807) is 29.2 Å². The molecule has 15 heteroatoms. The van der Waals surface area contributed by atoms with Crippen molar-refractivity contribution in [3.05, 3.63) is 100 Å². The van der Waals surface area contributed by atoms with Crippen molar-refractivity contribution < 1.29 is 47.0 Å². The summed E-state index contributed by atoms with van der Waals surface area (Å²) in [5.41, 5.74) is -3.60. The average Bonchev–Trinajstić information content (AvgIpc) is 3.79. The molecule has 4 aromatic rings. The van der Waals surface area contributed by atoms with Crippen molar-refractivity contribution in [1.29, 1.82) is 0 Å². The summed E-state index contributed by atoms with van der Waals surface area (Å²) in [4.78, 5) is 63.6. The van der Waals surface area contributed by atoms with Crippen LogP contribution in [0.15, 0.2) is 78.9 Å². The third-order valence-electron chi connectivity index (χ3n) is 9.03. The molecule has 0 spiro atoms. The van der Waals surface area contributed by atoms with Gasteiger partial charge < -0.3 is 34.4 Å². The van der Waals surface area contributed by atoms with E-state index in [-0.39, 0.29) is 28.7 Å². The van der Waals surface area contributed by atoms with Crippen molar-refractivity contribution in [2.45, 2.75) is 43.1 Å². The van der Waals surface area contributed by atoms with Crippen LogP contribution >= 0.6 is 18.9 Å². The van der Waals surface area contributed by atoms with E-state index < -0.39 is 42.7 Å². The normalized spacial score (nSPS) is 19.0. The first-order chi connectivity index (χ1) is 23.9. The van der Waals surface area contributed by atoms with E-state index in [1.807, 2.05) is 30.3 Å².